The third-order valence-electron chi connectivity index (χ3n) is 4.78. The quantitative estimate of drug-likeness (QED) is 0.562. The molecule has 0 saturated carbocycles. The summed E-state index contributed by atoms with van der Waals surface area (Å²) in [6.45, 7) is 3.30. The first kappa shape index (κ1) is 18.8. The van der Waals surface area contributed by atoms with E-state index in [-0.39, 0.29) is 11.8 Å². The molecule has 1 aliphatic heterocycles. The van der Waals surface area contributed by atoms with Crippen LogP contribution in [0.3, 0.4) is 0 Å². The lowest BCUT2D eigenvalue weighted by Crippen LogP contribution is -2.40. The maximum Gasteiger partial charge on any atom is 0.225 e. The fourth-order valence-corrected chi connectivity index (χ4v) is 3.28. The predicted molar refractivity (Wildman–Crippen MR) is 108 cm³/mol. The van der Waals surface area contributed by atoms with Gasteiger partial charge in [0.15, 0.2) is 5.96 Å². The highest BCUT2D eigenvalue weighted by atomic mass is 16.5. The summed E-state index contributed by atoms with van der Waals surface area (Å²) in [6, 6.07) is 14.1. The predicted octanol–water partition coefficient (Wildman–Crippen LogP) is 2.79. The van der Waals surface area contributed by atoms with Crippen molar-refractivity contribution in [2.75, 3.05) is 26.0 Å². The molecule has 2 aromatic rings. The highest BCUT2D eigenvalue weighted by Gasteiger charge is 2.24. The van der Waals surface area contributed by atoms with Gasteiger partial charge in [-0.1, -0.05) is 30.3 Å². The number of carbonyl (C=O) groups excluding carboxylic acids is 1. The Morgan fingerprint density at radius 2 is 2.07 bits per heavy atom. The standard InChI is InChI=1S/C21H26N4O2/c1-14-8-9-15(10-19(14)27-3)12-23-21(22-2)24-13-16-11-20(26)25-18-7-5-4-6-17(16)18/h4-10,16H,11-13H2,1-3H3,(H,25,26)(H2,22,23,24). The molecule has 6 nitrogen and oxygen atoms in total. The zero-order valence-electron chi connectivity index (χ0n) is 16.0. The second kappa shape index (κ2) is 8.58. The summed E-state index contributed by atoms with van der Waals surface area (Å²) in [5.41, 5.74) is 4.28. The first-order valence-corrected chi connectivity index (χ1v) is 9.07. The van der Waals surface area contributed by atoms with Crippen LogP contribution in [0.4, 0.5) is 5.69 Å². The first-order valence-electron chi connectivity index (χ1n) is 9.07. The number of hydrogen-bond donors (Lipinski definition) is 3. The number of amides is 1. The molecule has 3 N–H and O–H groups in total. The molecule has 0 saturated heterocycles. The summed E-state index contributed by atoms with van der Waals surface area (Å²) in [7, 11) is 3.42. The number of guanidine groups is 1. The smallest absolute Gasteiger partial charge is 0.225 e. The molecule has 1 amide bonds. The van der Waals surface area contributed by atoms with Gasteiger partial charge >= 0.3 is 0 Å². The Hall–Kier alpha value is -3.02. The van der Waals surface area contributed by atoms with Crippen LogP contribution in [-0.2, 0) is 11.3 Å². The SMILES string of the molecule is CN=C(NCc1ccc(C)c(OC)c1)NCC1CC(=O)Nc2ccccc21. The fourth-order valence-electron chi connectivity index (χ4n) is 3.28. The van der Waals surface area contributed by atoms with Gasteiger partial charge < -0.3 is 20.7 Å². The number of hydrogen-bond acceptors (Lipinski definition) is 3. The molecule has 0 aromatic heterocycles. The minimum atomic E-state index is 0.0511. The summed E-state index contributed by atoms with van der Waals surface area (Å²) in [5.74, 6) is 1.75. The van der Waals surface area contributed by atoms with Gasteiger partial charge in [-0.15, -0.1) is 0 Å². The van der Waals surface area contributed by atoms with E-state index in [0.29, 0.717) is 25.5 Å². The van der Waals surface area contributed by atoms with Crippen LogP contribution < -0.4 is 20.7 Å². The largest absolute Gasteiger partial charge is 0.496 e. The summed E-state index contributed by atoms with van der Waals surface area (Å²) in [4.78, 5) is 16.2. The number of methoxy groups -OCH3 is 1. The Morgan fingerprint density at radius 1 is 1.26 bits per heavy atom. The molecular weight excluding hydrogens is 340 g/mol. The molecule has 0 radical (unpaired) electrons. The van der Waals surface area contributed by atoms with E-state index in [0.717, 1.165) is 28.1 Å². The second-order valence-corrected chi connectivity index (χ2v) is 6.65. The van der Waals surface area contributed by atoms with Gasteiger partial charge in [-0.25, -0.2) is 0 Å². The molecule has 1 atom stereocenters. The number of rotatable bonds is 5. The number of carbonyl (C=O) groups is 1. The molecule has 6 heteroatoms. The van der Waals surface area contributed by atoms with Crippen molar-refractivity contribution in [2.24, 2.45) is 4.99 Å². The minimum Gasteiger partial charge on any atom is -0.496 e. The minimum absolute atomic E-state index is 0.0511. The number of nitrogens with zero attached hydrogens (tertiary/aromatic N) is 1. The van der Waals surface area contributed by atoms with Crippen LogP contribution in [0.2, 0.25) is 0 Å². The molecule has 27 heavy (non-hydrogen) atoms. The Kier molecular flexibility index (Phi) is 5.96. The van der Waals surface area contributed by atoms with Gasteiger partial charge in [0.1, 0.15) is 5.75 Å². The molecule has 0 fully saturated rings. The molecular formula is C21H26N4O2. The lowest BCUT2D eigenvalue weighted by atomic mass is 9.90. The number of aryl methyl sites for hydroxylation is 1. The first-order chi connectivity index (χ1) is 13.1. The third-order valence-corrected chi connectivity index (χ3v) is 4.78. The van der Waals surface area contributed by atoms with Crippen molar-refractivity contribution in [2.45, 2.75) is 25.8 Å². The van der Waals surface area contributed by atoms with Gasteiger partial charge in [-0.3, -0.25) is 9.79 Å². The topological polar surface area (TPSA) is 74.8 Å². The monoisotopic (exact) mass is 366 g/mol. The maximum absolute atomic E-state index is 12.0. The molecule has 0 bridgehead atoms. The van der Waals surface area contributed by atoms with Crippen LogP contribution in [0.1, 0.15) is 29.0 Å². The highest BCUT2D eigenvalue weighted by molar-refractivity contribution is 5.94. The van der Waals surface area contributed by atoms with Crippen molar-refractivity contribution in [1.29, 1.82) is 0 Å². The average Bonchev–Trinajstić information content (AvgIpc) is 2.68. The second-order valence-electron chi connectivity index (χ2n) is 6.65. The van der Waals surface area contributed by atoms with Gasteiger partial charge in [0.25, 0.3) is 0 Å². The summed E-state index contributed by atoms with van der Waals surface area (Å²) < 4.78 is 5.38. The van der Waals surface area contributed by atoms with E-state index in [1.807, 2.05) is 37.3 Å². The van der Waals surface area contributed by atoms with Crippen LogP contribution >= 0.6 is 0 Å². The molecule has 0 aliphatic carbocycles. The van der Waals surface area contributed by atoms with Gasteiger partial charge in [0.05, 0.1) is 7.11 Å². The van der Waals surface area contributed by atoms with E-state index in [9.17, 15) is 4.79 Å². The lowest BCUT2D eigenvalue weighted by molar-refractivity contribution is -0.116. The number of aliphatic imine (C=N–C) groups is 1. The van der Waals surface area contributed by atoms with Gasteiger partial charge in [-0.2, -0.15) is 0 Å². The number of benzene rings is 2. The zero-order valence-corrected chi connectivity index (χ0v) is 16.0. The Morgan fingerprint density at radius 3 is 2.85 bits per heavy atom. The van der Waals surface area contributed by atoms with Crippen LogP contribution in [0.25, 0.3) is 0 Å². The van der Waals surface area contributed by atoms with Crippen molar-refractivity contribution in [3.8, 4) is 5.75 Å². The number of ether oxygens (including phenoxy) is 1. The van der Waals surface area contributed by atoms with E-state index in [1.165, 1.54) is 0 Å². The molecule has 1 heterocycles. The number of para-hydroxylation sites is 1. The van der Waals surface area contributed by atoms with E-state index >= 15 is 0 Å². The van der Waals surface area contributed by atoms with E-state index in [1.54, 1.807) is 14.2 Å². The van der Waals surface area contributed by atoms with Gasteiger partial charge in [0, 0.05) is 38.2 Å². The van der Waals surface area contributed by atoms with Crippen molar-refractivity contribution >= 4 is 17.6 Å². The van der Waals surface area contributed by atoms with Gasteiger partial charge in [-0.05, 0) is 35.7 Å². The highest BCUT2D eigenvalue weighted by Crippen LogP contribution is 2.31. The van der Waals surface area contributed by atoms with Crippen LogP contribution in [-0.4, -0.2) is 32.6 Å². The van der Waals surface area contributed by atoms with E-state index in [2.05, 4.69) is 33.1 Å². The zero-order chi connectivity index (χ0) is 19.2. The Balaban J connectivity index is 1.59. The molecule has 142 valence electrons. The van der Waals surface area contributed by atoms with E-state index in [4.69, 9.17) is 4.74 Å². The fraction of sp³-hybridized carbons (Fsp3) is 0.333. The van der Waals surface area contributed by atoms with Crippen molar-refractivity contribution in [3.05, 3.63) is 59.2 Å². The normalized spacial score (nSPS) is 16.3. The van der Waals surface area contributed by atoms with Crippen LogP contribution in [0, 0.1) is 6.92 Å². The van der Waals surface area contributed by atoms with Crippen LogP contribution in [0.5, 0.6) is 5.75 Å². The summed E-state index contributed by atoms with van der Waals surface area (Å²) in [5, 5.41) is 9.58. The number of nitrogens with one attached hydrogen (secondary N) is 3. The molecule has 3 rings (SSSR count). The summed E-state index contributed by atoms with van der Waals surface area (Å²) in [6.07, 6.45) is 0.468. The van der Waals surface area contributed by atoms with Crippen molar-refractivity contribution < 1.29 is 9.53 Å². The van der Waals surface area contributed by atoms with Crippen molar-refractivity contribution in [1.82, 2.24) is 10.6 Å². The Labute approximate surface area is 160 Å². The summed E-state index contributed by atoms with van der Waals surface area (Å²) >= 11 is 0. The number of fused-ring (bicyclic) bond motifs is 1. The molecule has 0 spiro atoms. The maximum atomic E-state index is 12.0. The molecule has 1 aliphatic rings. The molecule has 1 unspecified atom stereocenters. The van der Waals surface area contributed by atoms with Crippen LogP contribution in [0.15, 0.2) is 47.5 Å². The molecule has 2 aromatic carbocycles. The van der Waals surface area contributed by atoms with Crippen molar-refractivity contribution in [3.63, 3.8) is 0 Å². The third kappa shape index (κ3) is 4.58. The average molecular weight is 366 g/mol. The Bertz CT molecular complexity index is 848. The number of anilines is 1. The van der Waals surface area contributed by atoms with E-state index < -0.39 is 0 Å². The van der Waals surface area contributed by atoms with Gasteiger partial charge in [0.2, 0.25) is 5.91 Å². The lowest BCUT2D eigenvalue weighted by Gasteiger charge is -2.26.